The van der Waals surface area contributed by atoms with Crippen molar-refractivity contribution in [3.63, 3.8) is 0 Å². The summed E-state index contributed by atoms with van der Waals surface area (Å²) in [6.45, 7) is 0. The Morgan fingerprint density at radius 3 is 1.53 bits per heavy atom. The number of para-hydroxylation sites is 4. The molecule has 0 amide bonds. The molecule has 0 atom stereocenters. The molecule has 0 unspecified atom stereocenters. The standard InChI is InChI=1S/C54H33N3/c1-2-12-34(13-3-1)35-24-26-36(27-25-35)37-14-10-15-38(32-37)56-47-21-7-4-17-41(47)45-30-31-50-52(54(45)56)46-18-6-9-23-49(46)55(50)39-28-29-42-44-20-11-19-43-40-16-5-8-22-48(40)57(53(43)44)51(42)33-39/h1-33H. The van der Waals surface area contributed by atoms with Crippen molar-refractivity contribution in [2.24, 2.45) is 0 Å². The van der Waals surface area contributed by atoms with Gasteiger partial charge < -0.3 is 13.5 Å². The molecule has 3 nitrogen and oxygen atoms in total. The third-order valence-corrected chi connectivity index (χ3v) is 12.4. The van der Waals surface area contributed by atoms with Gasteiger partial charge in [-0.05, 0) is 70.8 Å². The van der Waals surface area contributed by atoms with Crippen LogP contribution in [0.1, 0.15) is 0 Å². The molecule has 0 bridgehead atoms. The molecule has 3 heteroatoms. The first-order valence-corrected chi connectivity index (χ1v) is 19.7. The van der Waals surface area contributed by atoms with E-state index in [2.05, 4.69) is 214 Å². The van der Waals surface area contributed by atoms with Crippen LogP contribution in [0.15, 0.2) is 200 Å². The summed E-state index contributed by atoms with van der Waals surface area (Å²) in [4.78, 5) is 0. The predicted octanol–water partition coefficient (Wildman–Crippen LogP) is 14.4. The van der Waals surface area contributed by atoms with Crippen LogP contribution in [0.2, 0.25) is 0 Å². The summed E-state index contributed by atoms with van der Waals surface area (Å²) in [5, 5.41) is 10.2. The van der Waals surface area contributed by atoms with Crippen molar-refractivity contribution in [3.05, 3.63) is 200 Å². The Morgan fingerprint density at radius 2 is 0.754 bits per heavy atom. The van der Waals surface area contributed by atoms with Crippen LogP contribution >= 0.6 is 0 Å². The lowest BCUT2D eigenvalue weighted by Crippen LogP contribution is -1.96. The summed E-state index contributed by atoms with van der Waals surface area (Å²) in [6, 6.07) is 73.6. The highest BCUT2D eigenvalue weighted by Crippen LogP contribution is 2.44. The number of hydrogen-bond acceptors (Lipinski definition) is 0. The molecule has 0 saturated heterocycles. The van der Waals surface area contributed by atoms with Gasteiger partial charge in [0, 0.05) is 54.5 Å². The molecule has 0 N–H and O–H groups in total. The van der Waals surface area contributed by atoms with E-state index in [1.807, 2.05) is 0 Å². The lowest BCUT2D eigenvalue weighted by molar-refractivity contribution is 1.17. The number of hydrogen-bond donors (Lipinski definition) is 0. The fourth-order valence-corrected chi connectivity index (χ4v) is 9.92. The first kappa shape index (κ1) is 30.7. The average Bonchev–Trinajstić information content (AvgIpc) is 4.01. The maximum absolute atomic E-state index is 2.49. The minimum absolute atomic E-state index is 1.15. The van der Waals surface area contributed by atoms with E-state index in [4.69, 9.17) is 0 Å². The normalized spacial score (nSPS) is 12.2. The third kappa shape index (κ3) is 4.20. The topological polar surface area (TPSA) is 14.3 Å². The van der Waals surface area contributed by atoms with Gasteiger partial charge >= 0.3 is 0 Å². The molecule has 264 valence electrons. The Kier molecular flexibility index (Phi) is 6.16. The van der Waals surface area contributed by atoms with Gasteiger partial charge in [0.25, 0.3) is 0 Å². The lowest BCUT2D eigenvalue weighted by atomic mass is 10.00. The summed E-state index contributed by atoms with van der Waals surface area (Å²) < 4.78 is 7.45. The van der Waals surface area contributed by atoms with Crippen LogP contribution in [-0.4, -0.2) is 13.5 Å². The Balaban J connectivity index is 1.07. The molecule has 0 aliphatic rings. The van der Waals surface area contributed by atoms with Crippen molar-refractivity contribution in [2.45, 2.75) is 0 Å². The molecule has 9 aromatic carbocycles. The zero-order valence-corrected chi connectivity index (χ0v) is 30.9. The molecule has 0 aliphatic carbocycles. The number of benzene rings is 9. The Labute approximate surface area is 327 Å². The van der Waals surface area contributed by atoms with Crippen LogP contribution in [0.5, 0.6) is 0 Å². The Bertz CT molecular complexity index is 3730. The smallest absolute Gasteiger partial charge is 0.0641 e. The van der Waals surface area contributed by atoms with Gasteiger partial charge in [-0.3, -0.25) is 0 Å². The average molecular weight is 724 g/mol. The zero-order chi connectivity index (χ0) is 37.2. The Hall–Kier alpha value is -7.62. The molecule has 57 heavy (non-hydrogen) atoms. The van der Waals surface area contributed by atoms with Gasteiger partial charge in [-0.15, -0.1) is 0 Å². The van der Waals surface area contributed by atoms with Crippen molar-refractivity contribution >= 4 is 81.7 Å². The van der Waals surface area contributed by atoms with E-state index < -0.39 is 0 Å². The first-order chi connectivity index (χ1) is 28.3. The van der Waals surface area contributed by atoms with Gasteiger partial charge in [-0.2, -0.15) is 0 Å². The van der Waals surface area contributed by atoms with E-state index in [0.717, 1.165) is 11.4 Å². The van der Waals surface area contributed by atoms with Crippen LogP contribution in [0.4, 0.5) is 0 Å². The zero-order valence-electron chi connectivity index (χ0n) is 30.9. The van der Waals surface area contributed by atoms with Crippen molar-refractivity contribution in [3.8, 4) is 33.6 Å². The Morgan fingerprint density at radius 1 is 0.246 bits per heavy atom. The van der Waals surface area contributed by atoms with Crippen LogP contribution in [0.3, 0.4) is 0 Å². The van der Waals surface area contributed by atoms with Crippen LogP contribution < -0.4 is 0 Å². The predicted molar refractivity (Wildman–Crippen MR) is 241 cm³/mol. The van der Waals surface area contributed by atoms with Crippen molar-refractivity contribution in [1.29, 1.82) is 0 Å². The fraction of sp³-hybridized carbons (Fsp3) is 0. The molecule has 0 radical (unpaired) electrons. The van der Waals surface area contributed by atoms with E-state index in [1.165, 1.54) is 104 Å². The molecule has 0 spiro atoms. The van der Waals surface area contributed by atoms with E-state index >= 15 is 0 Å². The minimum atomic E-state index is 1.15. The summed E-state index contributed by atoms with van der Waals surface area (Å²) >= 11 is 0. The maximum atomic E-state index is 2.49. The van der Waals surface area contributed by atoms with Crippen molar-refractivity contribution in [2.75, 3.05) is 0 Å². The molecule has 0 fully saturated rings. The number of aromatic nitrogens is 3. The van der Waals surface area contributed by atoms with Gasteiger partial charge in [-0.25, -0.2) is 0 Å². The highest BCUT2D eigenvalue weighted by atomic mass is 15.0. The van der Waals surface area contributed by atoms with Crippen LogP contribution in [0.25, 0.3) is 115 Å². The van der Waals surface area contributed by atoms with Gasteiger partial charge in [0.1, 0.15) is 0 Å². The molecule has 4 heterocycles. The molecule has 0 aliphatic heterocycles. The molecule has 4 aromatic heterocycles. The van der Waals surface area contributed by atoms with Crippen molar-refractivity contribution in [1.82, 2.24) is 13.5 Å². The second kappa shape index (κ2) is 11.5. The second-order valence-electron chi connectivity index (χ2n) is 15.3. The summed E-state index contributed by atoms with van der Waals surface area (Å²) in [5.41, 5.74) is 15.7. The number of fused-ring (bicyclic) bond motifs is 13. The van der Waals surface area contributed by atoms with Crippen molar-refractivity contribution < 1.29 is 0 Å². The highest BCUT2D eigenvalue weighted by Gasteiger charge is 2.22. The summed E-state index contributed by atoms with van der Waals surface area (Å²) in [5.74, 6) is 0. The van der Waals surface area contributed by atoms with E-state index in [0.29, 0.717) is 0 Å². The summed E-state index contributed by atoms with van der Waals surface area (Å²) in [7, 11) is 0. The molecule has 13 rings (SSSR count). The third-order valence-electron chi connectivity index (χ3n) is 12.4. The van der Waals surface area contributed by atoms with Gasteiger partial charge in [0.15, 0.2) is 0 Å². The fourth-order valence-electron chi connectivity index (χ4n) is 9.92. The minimum Gasteiger partial charge on any atom is -0.309 e. The van der Waals surface area contributed by atoms with Crippen LogP contribution in [0, 0.1) is 0 Å². The second-order valence-corrected chi connectivity index (χ2v) is 15.3. The van der Waals surface area contributed by atoms with E-state index in [-0.39, 0.29) is 0 Å². The number of rotatable bonds is 4. The largest absolute Gasteiger partial charge is 0.309 e. The van der Waals surface area contributed by atoms with Gasteiger partial charge in [0.05, 0.1) is 38.6 Å². The molecular weight excluding hydrogens is 691 g/mol. The summed E-state index contributed by atoms with van der Waals surface area (Å²) in [6.07, 6.45) is 0. The SMILES string of the molecule is c1ccc(-c2ccc(-c3cccc(-n4c5ccccc5c5ccc6c(c7ccccc7n6-c6ccc7c8cccc9c%10ccccc%10n(c7c6)c98)c54)c3)cc2)cc1. The quantitative estimate of drug-likeness (QED) is 0.172. The van der Waals surface area contributed by atoms with Gasteiger partial charge in [0.2, 0.25) is 0 Å². The van der Waals surface area contributed by atoms with E-state index in [9.17, 15) is 0 Å². The maximum Gasteiger partial charge on any atom is 0.0641 e. The highest BCUT2D eigenvalue weighted by molar-refractivity contribution is 6.27. The van der Waals surface area contributed by atoms with Crippen LogP contribution in [-0.2, 0) is 0 Å². The lowest BCUT2D eigenvalue weighted by Gasteiger charge is -2.12. The first-order valence-electron chi connectivity index (χ1n) is 19.7. The van der Waals surface area contributed by atoms with Gasteiger partial charge in [-0.1, -0.05) is 152 Å². The molecular formula is C54H33N3. The molecule has 0 saturated carbocycles. The molecule has 13 aromatic rings. The monoisotopic (exact) mass is 723 g/mol. The van der Waals surface area contributed by atoms with E-state index in [1.54, 1.807) is 0 Å². The number of nitrogens with zero attached hydrogens (tertiary/aromatic N) is 3.